The van der Waals surface area contributed by atoms with Gasteiger partial charge in [0.25, 0.3) is 11.6 Å². The second kappa shape index (κ2) is 6.14. The highest BCUT2D eigenvalue weighted by molar-refractivity contribution is 6.05. The normalized spacial score (nSPS) is 10.1. The molecule has 0 bridgehead atoms. The molecule has 0 atom stereocenters. The Hall–Kier alpha value is -3.42. The average Bonchev–Trinajstić information content (AvgIpc) is 2.46. The smallest absolute Gasteiger partial charge is 0.339 e. The lowest BCUT2D eigenvalue weighted by atomic mass is 10.1. The molecule has 0 saturated heterocycles. The van der Waals surface area contributed by atoms with Gasteiger partial charge in [0.05, 0.1) is 4.92 Å². The van der Waals surface area contributed by atoms with Crippen molar-refractivity contribution < 1.29 is 24.7 Å². The molecule has 0 spiro atoms. The van der Waals surface area contributed by atoms with E-state index in [2.05, 4.69) is 5.32 Å². The summed E-state index contributed by atoms with van der Waals surface area (Å²) in [6.45, 7) is 1.52. The molecule has 3 N–H and O–H groups in total. The molecule has 2 aromatic carbocycles. The Morgan fingerprint density at radius 2 is 1.87 bits per heavy atom. The zero-order chi connectivity index (χ0) is 17.1. The predicted molar refractivity (Wildman–Crippen MR) is 80.9 cm³/mol. The van der Waals surface area contributed by atoms with Gasteiger partial charge in [0.15, 0.2) is 0 Å². The van der Waals surface area contributed by atoms with Crippen LogP contribution in [0.15, 0.2) is 36.4 Å². The van der Waals surface area contributed by atoms with Gasteiger partial charge in [-0.05, 0) is 31.2 Å². The molecule has 2 aromatic rings. The standard InChI is InChI=1S/C15H12N2O6/c1-8-6-9(2-5-12(8)17(22)23)14(19)16-10-3-4-11(15(20)21)13(18)7-10/h2-7,18H,1H3,(H,16,19)(H,20,21). The second-order valence-electron chi connectivity index (χ2n) is 4.75. The first-order valence-electron chi connectivity index (χ1n) is 6.42. The minimum Gasteiger partial charge on any atom is -0.507 e. The Morgan fingerprint density at radius 1 is 1.17 bits per heavy atom. The largest absolute Gasteiger partial charge is 0.507 e. The number of aromatic hydroxyl groups is 1. The van der Waals surface area contributed by atoms with Crippen molar-refractivity contribution in [2.45, 2.75) is 6.92 Å². The number of rotatable bonds is 4. The monoisotopic (exact) mass is 316 g/mol. The summed E-state index contributed by atoms with van der Waals surface area (Å²) in [5.74, 6) is -2.30. The van der Waals surface area contributed by atoms with Crippen LogP contribution in [0, 0.1) is 17.0 Å². The van der Waals surface area contributed by atoms with Gasteiger partial charge in [-0.2, -0.15) is 0 Å². The van der Waals surface area contributed by atoms with E-state index < -0.39 is 22.5 Å². The van der Waals surface area contributed by atoms with Crippen molar-refractivity contribution in [3.8, 4) is 5.75 Å². The molecule has 0 radical (unpaired) electrons. The van der Waals surface area contributed by atoms with Crippen molar-refractivity contribution in [3.63, 3.8) is 0 Å². The fraction of sp³-hybridized carbons (Fsp3) is 0.0667. The molecule has 0 aliphatic heterocycles. The number of hydrogen-bond donors (Lipinski definition) is 3. The molecule has 2 rings (SSSR count). The maximum absolute atomic E-state index is 12.1. The Bertz CT molecular complexity index is 816. The topological polar surface area (TPSA) is 130 Å². The zero-order valence-electron chi connectivity index (χ0n) is 11.9. The number of nitrogens with one attached hydrogen (secondary N) is 1. The number of carbonyl (C=O) groups is 2. The molecule has 0 aliphatic rings. The molecule has 8 heteroatoms. The molecular formula is C15H12N2O6. The van der Waals surface area contributed by atoms with E-state index in [4.69, 9.17) is 5.11 Å². The van der Waals surface area contributed by atoms with Gasteiger partial charge >= 0.3 is 5.97 Å². The fourth-order valence-corrected chi connectivity index (χ4v) is 2.00. The average molecular weight is 316 g/mol. The second-order valence-corrected chi connectivity index (χ2v) is 4.75. The van der Waals surface area contributed by atoms with Crippen LogP contribution >= 0.6 is 0 Å². The number of aromatic carboxylic acids is 1. The predicted octanol–water partition coefficient (Wildman–Crippen LogP) is 2.56. The van der Waals surface area contributed by atoms with Crippen molar-refractivity contribution in [1.29, 1.82) is 0 Å². The maximum atomic E-state index is 12.1. The summed E-state index contributed by atoms with van der Waals surface area (Å²) in [5, 5.41) is 31.6. The van der Waals surface area contributed by atoms with Crippen LogP contribution in [0.2, 0.25) is 0 Å². The number of benzene rings is 2. The van der Waals surface area contributed by atoms with Crippen LogP contribution in [0.4, 0.5) is 11.4 Å². The highest BCUT2D eigenvalue weighted by atomic mass is 16.6. The fourth-order valence-electron chi connectivity index (χ4n) is 2.00. The lowest BCUT2D eigenvalue weighted by Gasteiger charge is -2.08. The van der Waals surface area contributed by atoms with E-state index >= 15 is 0 Å². The number of carboxylic acid groups (broad SMARTS) is 1. The summed E-state index contributed by atoms with van der Waals surface area (Å²) in [4.78, 5) is 33.1. The molecule has 0 heterocycles. The third-order valence-corrected chi connectivity index (χ3v) is 3.14. The highest BCUT2D eigenvalue weighted by Crippen LogP contribution is 2.23. The first-order valence-corrected chi connectivity index (χ1v) is 6.42. The van der Waals surface area contributed by atoms with Crippen LogP contribution < -0.4 is 5.32 Å². The lowest BCUT2D eigenvalue weighted by molar-refractivity contribution is -0.385. The molecule has 0 unspecified atom stereocenters. The summed E-state index contributed by atoms with van der Waals surface area (Å²) in [5.41, 5.74) is 0.370. The molecule has 8 nitrogen and oxygen atoms in total. The number of nitro benzene ring substituents is 1. The molecule has 0 saturated carbocycles. The summed E-state index contributed by atoms with van der Waals surface area (Å²) >= 11 is 0. The number of amides is 1. The Morgan fingerprint density at radius 3 is 2.39 bits per heavy atom. The van der Waals surface area contributed by atoms with Crippen molar-refractivity contribution in [2.24, 2.45) is 0 Å². The Balaban J connectivity index is 2.22. The number of carboxylic acids is 1. The number of phenols is 1. The molecule has 0 aromatic heterocycles. The van der Waals surface area contributed by atoms with E-state index in [-0.39, 0.29) is 22.5 Å². The number of nitro groups is 1. The van der Waals surface area contributed by atoms with E-state index in [1.165, 1.54) is 31.2 Å². The summed E-state index contributed by atoms with van der Waals surface area (Å²) in [7, 11) is 0. The number of nitrogens with zero attached hydrogens (tertiary/aromatic N) is 1. The van der Waals surface area contributed by atoms with Gasteiger partial charge in [0, 0.05) is 28.9 Å². The van der Waals surface area contributed by atoms with Crippen LogP contribution in [0.25, 0.3) is 0 Å². The van der Waals surface area contributed by atoms with Crippen LogP contribution in [-0.2, 0) is 0 Å². The number of hydrogen-bond acceptors (Lipinski definition) is 5. The maximum Gasteiger partial charge on any atom is 0.339 e. The molecule has 0 aliphatic carbocycles. The number of aryl methyl sites for hydroxylation is 1. The van der Waals surface area contributed by atoms with Gasteiger partial charge < -0.3 is 15.5 Å². The van der Waals surface area contributed by atoms with E-state index in [0.29, 0.717) is 5.56 Å². The third kappa shape index (κ3) is 3.43. The Kier molecular flexibility index (Phi) is 4.26. The molecule has 1 amide bonds. The third-order valence-electron chi connectivity index (χ3n) is 3.14. The summed E-state index contributed by atoms with van der Waals surface area (Å²) < 4.78 is 0. The number of carbonyl (C=O) groups excluding carboxylic acids is 1. The van der Waals surface area contributed by atoms with E-state index in [9.17, 15) is 24.8 Å². The van der Waals surface area contributed by atoms with Crippen LogP contribution in [0.5, 0.6) is 5.75 Å². The summed E-state index contributed by atoms with van der Waals surface area (Å²) in [6, 6.07) is 7.52. The first-order chi connectivity index (χ1) is 10.8. The Labute approximate surface area is 130 Å². The van der Waals surface area contributed by atoms with Gasteiger partial charge in [-0.25, -0.2) is 4.79 Å². The van der Waals surface area contributed by atoms with Gasteiger partial charge in [0.1, 0.15) is 11.3 Å². The van der Waals surface area contributed by atoms with Crippen LogP contribution in [0.3, 0.4) is 0 Å². The van der Waals surface area contributed by atoms with Crippen LogP contribution in [-0.4, -0.2) is 27.0 Å². The van der Waals surface area contributed by atoms with Gasteiger partial charge in [0.2, 0.25) is 0 Å². The van der Waals surface area contributed by atoms with E-state index in [1.54, 1.807) is 0 Å². The van der Waals surface area contributed by atoms with Gasteiger partial charge in [-0.1, -0.05) is 0 Å². The summed E-state index contributed by atoms with van der Waals surface area (Å²) in [6.07, 6.45) is 0. The van der Waals surface area contributed by atoms with Gasteiger partial charge in [-0.15, -0.1) is 0 Å². The first kappa shape index (κ1) is 16.0. The SMILES string of the molecule is Cc1cc(C(=O)Nc2ccc(C(=O)O)c(O)c2)ccc1[N+](=O)[O-]. The van der Waals surface area contributed by atoms with Crippen molar-refractivity contribution >= 4 is 23.3 Å². The highest BCUT2D eigenvalue weighted by Gasteiger charge is 2.15. The minimum atomic E-state index is -1.29. The molecule has 0 fully saturated rings. The number of anilines is 1. The molecule has 118 valence electrons. The molecular weight excluding hydrogens is 304 g/mol. The van der Waals surface area contributed by atoms with Crippen LogP contribution in [0.1, 0.15) is 26.3 Å². The quantitative estimate of drug-likeness (QED) is 0.587. The minimum absolute atomic E-state index is 0.0926. The van der Waals surface area contributed by atoms with Crippen molar-refractivity contribution in [3.05, 3.63) is 63.2 Å². The lowest BCUT2D eigenvalue weighted by Crippen LogP contribution is -2.12. The molecule has 23 heavy (non-hydrogen) atoms. The van der Waals surface area contributed by atoms with E-state index in [0.717, 1.165) is 12.1 Å². The van der Waals surface area contributed by atoms with E-state index in [1.807, 2.05) is 0 Å². The van der Waals surface area contributed by atoms with Crippen molar-refractivity contribution in [2.75, 3.05) is 5.32 Å². The van der Waals surface area contributed by atoms with Gasteiger partial charge in [-0.3, -0.25) is 14.9 Å². The van der Waals surface area contributed by atoms with Crippen molar-refractivity contribution in [1.82, 2.24) is 0 Å². The zero-order valence-corrected chi connectivity index (χ0v) is 11.9.